The van der Waals surface area contributed by atoms with E-state index in [1.54, 1.807) is 12.0 Å². The molecule has 0 aromatic heterocycles. The van der Waals surface area contributed by atoms with Crippen LogP contribution in [0.4, 0.5) is 0 Å². The van der Waals surface area contributed by atoms with E-state index < -0.39 is 17.4 Å². The van der Waals surface area contributed by atoms with Gasteiger partial charge in [-0.3, -0.25) is 9.59 Å². The third kappa shape index (κ3) is 2.20. The molecule has 6 nitrogen and oxygen atoms in total. The van der Waals surface area contributed by atoms with E-state index in [-0.39, 0.29) is 24.0 Å². The molecule has 5 atom stereocenters. The molecule has 25 heavy (non-hydrogen) atoms. The first kappa shape index (κ1) is 16.1. The number of likely N-dealkylation sites (tertiary alicyclic amines) is 1. The maximum atomic E-state index is 13.1. The molecule has 0 aliphatic carbocycles. The molecule has 1 aromatic carbocycles. The van der Waals surface area contributed by atoms with E-state index in [0.717, 1.165) is 11.3 Å². The minimum absolute atomic E-state index is 0.0504. The Morgan fingerprint density at radius 1 is 1.32 bits per heavy atom. The molecule has 2 saturated heterocycles. The molecule has 0 radical (unpaired) electrons. The molecular formula is C19H21NO5. The second-order valence-corrected chi connectivity index (χ2v) is 6.84. The first-order valence-electron chi connectivity index (χ1n) is 8.40. The maximum Gasteiger partial charge on any atom is 0.312 e. The number of hydrogen-bond donors (Lipinski definition) is 0. The Hall–Kier alpha value is -2.34. The molecule has 2 bridgehead atoms. The van der Waals surface area contributed by atoms with Crippen LogP contribution in [0, 0.1) is 11.8 Å². The number of fused-ring (bicyclic) bond motifs is 1. The van der Waals surface area contributed by atoms with Gasteiger partial charge in [0.05, 0.1) is 38.8 Å². The van der Waals surface area contributed by atoms with E-state index in [0.29, 0.717) is 6.54 Å². The topological polar surface area (TPSA) is 65.1 Å². The minimum Gasteiger partial charge on any atom is -0.497 e. The molecule has 1 spiro atoms. The van der Waals surface area contributed by atoms with Gasteiger partial charge < -0.3 is 19.1 Å². The van der Waals surface area contributed by atoms with E-state index in [9.17, 15) is 9.59 Å². The van der Waals surface area contributed by atoms with Crippen molar-refractivity contribution in [1.82, 2.24) is 4.90 Å². The van der Waals surface area contributed by atoms with Crippen LogP contribution in [-0.4, -0.2) is 49.2 Å². The fourth-order valence-corrected chi connectivity index (χ4v) is 4.32. The highest BCUT2D eigenvalue weighted by molar-refractivity contribution is 5.91. The van der Waals surface area contributed by atoms with Crippen molar-refractivity contribution < 1.29 is 23.8 Å². The van der Waals surface area contributed by atoms with E-state index in [1.165, 1.54) is 7.11 Å². The summed E-state index contributed by atoms with van der Waals surface area (Å²) >= 11 is 0. The van der Waals surface area contributed by atoms with Crippen molar-refractivity contribution in [2.45, 2.75) is 24.7 Å². The van der Waals surface area contributed by atoms with Gasteiger partial charge in [-0.25, -0.2) is 0 Å². The van der Waals surface area contributed by atoms with Gasteiger partial charge in [0.25, 0.3) is 0 Å². The lowest BCUT2D eigenvalue weighted by Gasteiger charge is -2.27. The van der Waals surface area contributed by atoms with Gasteiger partial charge in [-0.05, 0) is 24.6 Å². The zero-order chi connectivity index (χ0) is 17.8. The number of esters is 1. The first-order chi connectivity index (χ1) is 12.0. The van der Waals surface area contributed by atoms with Crippen molar-refractivity contribution in [2.24, 2.45) is 11.8 Å². The van der Waals surface area contributed by atoms with Gasteiger partial charge in [0.2, 0.25) is 5.91 Å². The molecular weight excluding hydrogens is 322 g/mol. The summed E-state index contributed by atoms with van der Waals surface area (Å²) < 4.78 is 16.1. The summed E-state index contributed by atoms with van der Waals surface area (Å²) in [6.45, 7) is 2.44. The summed E-state index contributed by atoms with van der Waals surface area (Å²) in [7, 11) is 2.97. The number of ether oxygens (including phenoxy) is 3. The number of hydrogen-bond acceptors (Lipinski definition) is 5. The van der Waals surface area contributed by atoms with E-state index >= 15 is 0 Å². The van der Waals surface area contributed by atoms with Crippen molar-refractivity contribution in [3.05, 3.63) is 42.0 Å². The number of nitrogens with zero attached hydrogens (tertiary/aromatic N) is 1. The summed E-state index contributed by atoms with van der Waals surface area (Å²) in [5, 5.41) is 0. The van der Waals surface area contributed by atoms with Crippen molar-refractivity contribution in [3.63, 3.8) is 0 Å². The molecule has 0 saturated carbocycles. The third-order valence-corrected chi connectivity index (χ3v) is 5.67. The van der Waals surface area contributed by atoms with Gasteiger partial charge in [-0.1, -0.05) is 24.3 Å². The van der Waals surface area contributed by atoms with Crippen LogP contribution in [0.2, 0.25) is 0 Å². The summed E-state index contributed by atoms with van der Waals surface area (Å²) in [5.74, 6) is -0.722. The first-order valence-corrected chi connectivity index (χ1v) is 8.40. The summed E-state index contributed by atoms with van der Waals surface area (Å²) in [6, 6.07) is 7.55. The molecule has 4 rings (SSSR count). The average Bonchev–Trinajstić information content (AvgIpc) is 3.29. The number of benzene rings is 1. The lowest BCUT2D eigenvalue weighted by Crippen LogP contribution is -2.39. The molecule has 3 heterocycles. The minimum atomic E-state index is -0.707. The number of amides is 1. The highest BCUT2D eigenvalue weighted by Gasteiger charge is 2.67. The average molecular weight is 343 g/mol. The van der Waals surface area contributed by atoms with E-state index in [2.05, 4.69) is 0 Å². The zero-order valence-electron chi connectivity index (χ0n) is 14.5. The summed E-state index contributed by atoms with van der Waals surface area (Å²) in [4.78, 5) is 27.1. The number of carbonyl (C=O) groups excluding carboxylic acids is 2. The van der Waals surface area contributed by atoms with Gasteiger partial charge in [-0.2, -0.15) is 0 Å². The molecule has 3 aliphatic rings. The van der Waals surface area contributed by atoms with Crippen molar-refractivity contribution in [3.8, 4) is 5.75 Å². The molecule has 0 unspecified atom stereocenters. The Balaban J connectivity index is 1.62. The van der Waals surface area contributed by atoms with Crippen molar-refractivity contribution in [1.29, 1.82) is 0 Å². The lowest BCUT2D eigenvalue weighted by molar-refractivity contribution is -0.151. The fourth-order valence-electron chi connectivity index (χ4n) is 4.32. The summed E-state index contributed by atoms with van der Waals surface area (Å²) in [5.41, 5.74) is 0.306. The van der Waals surface area contributed by atoms with Crippen LogP contribution in [0.5, 0.6) is 5.75 Å². The molecule has 132 valence electrons. The Kier molecular flexibility index (Phi) is 3.61. The van der Waals surface area contributed by atoms with Crippen LogP contribution in [0.1, 0.15) is 18.5 Å². The van der Waals surface area contributed by atoms with Crippen LogP contribution in [0.3, 0.4) is 0 Å². The van der Waals surface area contributed by atoms with Gasteiger partial charge in [0.15, 0.2) is 0 Å². The monoisotopic (exact) mass is 343 g/mol. The standard InChI is InChI=1S/C19H21NO5/c1-11(12-4-6-13(23-2)7-5-12)20-10-19-9-8-14(25-19)15(18(22)24-3)16(19)17(20)21/h4-9,11,14-16H,10H2,1-3H3/t11-,14-,15+,16+,19-/m0/s1. The van der Waals surface area contributed by atoms with Crippen LogP contribution in [-0.2, 0) is 19.1 Å². The second kappa shape index (κ2) is 5.59. The molecule has 1 aromatic rings. The Labute approximate surface area is 146 Å². The predicted molar refractivity (Wildman–Crippen MR) is 88.9 cm³/mol. The smallest absolute Gasteiger partial charge is 0.312 e. The van der Waals surface area contributed by atoms with E-state index in [4.69, 9.17) is 14.2 Å². The number of methoxy groups -OCH3 is 2. The fraction of sp³-hybridized carbons (Fsp3) is 0.474. The van der Waals surface area contributed by atoms with Crippen LogP contribution >= 0.6 is 0 Å². The van der Waals surface area contributed by atoms with Crippen LogP contribution in [0.25, 0.3) is 0 Å². The highest BCUT2D eigenvalue weighted by atomic mass is 16.5. The largest absolute Gasteiger partial charge is 0.497 e. The normalized spacial score (nSPS) is 33.5. The number of carbonyl (C=O) groups is 2. The zero-order valence-corrected chi connectivity index (χ0v) is 14.5. The SMILES string of the molecule is COC(=O)[C@@H]1[C@@H]2C=C[C@@]3(CN([C@@H](C)c4ccc(OC)cc4)C(=O)[C@@H]13)O2. The lowest BCUT2D eigenvalue weighted by atomic mass is 9.77. The molecule has 3 aliphatic heterocycles. The second-order valence-electron chi connectivity index (χ2n) is 6.84. The van der Waals surface area contributed by atoms with Gasteiger partial charge >= 0.3 is 5.97 Å². The Morgan fingerprint density at radius 3 is 2.68 bits per heavy atom. The Bertz CT molecular complexity index is 743. The van der Waals surface area contributed by atoms with Crippen LogP contribution < -0.4 is 4.74 Å². The Morgan fingerprint density at radius 2 is 2.04 bits per heavy atom. The van der Waals surface area contributed by atoms with Gasteiger partial charge in [0, 0.05) is 0 Å². The molecule has 6 heteroatoms. The number of rotatable bonds is 4. The third-order valence-electron chi connectivity index (χ3n) is 5.67. The molecule has 1 amide bonds. The summed E-state index contributed by atoms with van der Waals surface area (Å²) in [6.07, 6.45) is 3.47. The van der Waals surface area contributed by atoms with Crippen molar-refractivity contribution in [2.75, 3.05) is 20.8 Å². The molecule has 0 N–H and O–H groups in total. The highest BCUT2D eigenvalue weighted by Crippen LogP contribution is 2.53. The van der Waals surface area contributed by atoms with Crippen molar-refractivity contribution >= 4 is 11.9 Å². The quantitative estimate of drug-likeness (QED) is 0.615. The van der Waals surface area contributed by atoms with Crippen LogP contribution in [0.15, 0.2) is 36.4 Å². The van der Waals surface area contributed by atoms with Gasteiger partial charge in [-0.15, -0.1) is 0 Å². The maximum absolute atomic E-state index is 13.1. The predicted octanol–water partition coefficient (Wildman–Crippen LogP) is 1.71. The molecule has 2 fully saturated rings. The van der Waals surface area contributed by atoms with E-state index in [1.807, 2.05) is 43.3 Å². The van der Waals surface area contributed by atoms with Gasteiger partial charge in [0.1, 0.15) is 17.3 Å².